The Morgan fingerprint density at radius 3 is 2.16 bits per heavy atom. The molecule has 0 bridgehead atoms. The van der Waals surface area contributed by atoms with Crippen molar-refractivity contribution in [3.05, 3.63) is 45.9 Å². The summed E-state index contributed by atoms with van der Waals surface area (Å²) in [4.78, 5) is 116. The van der Waals surface area contributed by atoms with Gasteiger partial charge in [-0.3, -0.25) is 43.3 Å². The van der Waals surface area contributed by atoms with Gasteiger partial charge in [0.15, 0.2) is 19.1 Å². The number of esters is 4. The topological polar surface area (TPSA) is 288 Å². The van der Waals surface area contributed by atoms with Gasteiger partial charge in [-0.1, -0.05) is 73.4 Å². The van der Waals surface area contributed by atoms with Gasteiger partial charge in [0.25, 0.3) is 5.91 Å². The van der Waals surface area contributed by atoms with Crippen LogP contribution in [0.4, 0.5) is 0 Å². The van der Waals surface area contributed by atoms with Crippen molar-refractivity contribution in [1.82, 2.24) is 30.7 Å². The van der Waals surface area contributed by atoms with E-state index in [1.807, 2.05) is 74.3 Å². The highest BCUT2D eigenvalue weighted by molar-refractivity contribution is 7.09. The largest absolute Gasteiger partial charge is 0.508 e. The van der Waals surface area contributed by atoms with E-state index in [1.54, 1.807) is 32.9 Å². The number of carbonyl (C=O) groups is 8. The Morgan fingerprint density at radius 2 is 1.56 bits per heavy atom. The molecule has 0 aliphatic carbocycles. The summed E-state index contributed by atoms with van der Waals surface area (Å²) in [5.41, 5.74) is -0.0692. The second-order valence-corrected chi connectivity index (χ2v) is 24.2. The van der Waals surface area contributed by atoms with Gasteiger partial charge < -0.3 is 59.5 Å². The molecule has 10 unspecified atom stereocenters. The molecule has 5 N–H and O–H groups in total. The number of rotatable bonds is 34. The molecule has 82 heavy (non-hydrogen) atoms. The second kappa shape index (κ2) is 34.8. The van der Waals surface area contributed by atoms with E-state index in [2.05, 4.69) is 20.9 Å². The number of hydrogen-bond donors (Lipinski definition) is 5. The lowest BCUT2D eigenvalue weighted by molar-refractivity contribution is -0.235. The molecule has 0 radical (unpaired) electrons. The Labute approximate surface area is 488 Å². The molecule has 0 spiro atoms. The SMILES string of the molecule is CCC(C)C(NC(=O)C1CCCCN1C)C(=O)N(COC(=O)CC(C)C)C(CC(OC(C)=O)c1nc(C(=O)NC(CC(C)C(=O)OC(C)CNC(=O)CCCC(=O)OCC(OC(C)CO)OC(C)(C)C)c2ccc(O)cc2)cs1)C(C)C. The number of amides is 4. The van der Waals surface area contributed by atoms with Gasteiger partial charge >= 0.3 is 23.9 Å². The molecule has 1 aromatic heterocycles. The van der Waals surface area contributed by atoms with Crippen molar-refractivity contribution in [1.29, 1.82) is 0 Å². The summed E-state index contributed by atoms with van der Waals surface area (Å²) in [6.45, 7) is 22.8. The third kappa shape index (κ3) is 25.0. The van der Waals surface area contributed by atoms with Crippen LogP contribution in [0.15, 0.2) is 29.6 Å². The number of carbonyl (C=O) groups excluding carboxylic acids is 8. The molecule has 2 aromatic rings. The molecule has 3 rings (SSSR count). The van der Waals surface area contributed by atoms with E-state index in [4.69, 9.17) is 28.4 Å². The number of ether oxygens (including phenoxy) is 6. The first-order chi connectivity index (χ1) is 38.5. The van der Waals surface area contributed by atoms with Crippen molar-refractivity contribution in [3.8, 4) is 5.75 Å². The first-order valence-corrected chi connectivity index (χ1v) is 29.7. The monoisotopic (exact) mass is 1170 g/mol. The van der Waals surface area contributed by atoms with Gasteiger partial charge in [0, 0.05) is 44.0 Å². The van der Waals surface area contributed by atoms with E-state index in [9.17, 15) is 43.8 Å². The number of likely N-dealkylation sites (tertiary alicyclic amines) is 1. The van der Waals surface area contributed by atoms with Crippen molar-refractivity contribution in [2.75, 3.05) is 40.1 Å². The molecule has 1 aliphatic heterocycles. The van der Waals surface area contributed by atoms with E-state index in [1.165, 1.54) is 29.3 Å². The second-order valence-electron chi connectivity index (χ2n) is 23.3. The fraction of sp³-hybridized carbons (Fsp3) is 0.712. The molecule has 1 saturated heterocycles. The zero-order valence-electron chi connectivity index (χ0n) is 50.8. The molecular weight excluding hydrogens is 1080 g/mol. The minimum Gasteiger partial charge on any atom is -0.508 e. The quantitative estimate of drug-likeness (QED) is 0.0266. The highest BCUT2D eigenvalue weighted by Crippen LogP contribution is 2.33. The van der Waals surface area contributed by atoms with Gasteiger partial charge in [-0.25, -0.2) is 4.98 Å². The van der Waals surface area contributed by atoms with Gasteiger partial charge in [0.1, 0.15) is 35.2 Å². The highest BCUT2D eigenvalue weighted by atomic mass is 32.1. The molecule has 23 heteroatoms. The summed E-state index contributed by atoms with van der Waals surface area (Å²) in [6, 6.07) is 3.18. The molecule has 10 atom stereocenters. The van der Waals surface area contributed by atoms with Crippen LogP contribution >= 0.6 is 11.3 Å². The van der Waals surface area contributed by atoms with E-state index >= 15 is 4.79 Å². The van der Waals surface area contributed by atoms with Crippen LogP contribution in [0.5, 0.6) is 5.75 Å². The van der Waals surface area contributed by atoms with Crippen LogP contribution in [-0.4, -0.2) is 155 Å². The number of hydrogen-bond acceptors (Lipinski definition) is 19. The van der Waals surface area contributed by atoms with Crippen LogP contribution in [-0.2, 0) is 62.0 Å². The summed E-state index contributed by atoms with van der Waals surface area (Å²) in [7, 11) is 1.89. The predicted molar refractivity (Wildman–Crippen MR) is 307 cm³/mol. The molecule has 462 valence electrons. The van der Waals surface area contributed by atoms with Crippen molar-refractivity contribution in [2.24, 2.45) is 23.7 Å². The van der Waals surface area contributed by atoms with Crippen LogP contribution in [0.2, 0.25) is 0 Å². The number of nitrogens with one attached hydrogen (secondary N) is 3. The molecule has 22 nitrogen and oxygen atoms in total. The number of aromatic hydroxyl groups is 1. The van der Waals surface area contributed by atoms with Crippen LogP contribution in [0, 0.1) is 23.7 Å². The third-order valence-corrected chi connectivity index (χ3v) is 14.8. The van der Waals surface area contributed by atoms with Gasteiger partial charge in [-0.05, 0) is 109 Å². The summed E-state index contributed by atoms with van der Waals surface area (Å²) >= 11 is 1.06. The Morgan fingerprint density at radius 1 is 0.878 bits per heavy atom. The lowest BCUT2D eigenvalue weighted by atomic mass is 9.92. The number of benzene rings is 1. The number of piperidine rings is 1. The average Bonchev–Trinajstić information content (AvgIpc) is 3.98. The highest BCUT2D eigenvalue weighted by Gasteiger charge is 2.40. The number of likely N-dealkylation sites (N-methyl/N-ethyl adjacent to an activating group) is 1. The van der Waals surface area contributed by atoms with Crippen molar-refractivity contribution >= 4 is 58.8 Å². The molecular formula is C59H94N6O16S. The standard InChI is InChI=1S/C59H94N6O16S/c1-15-37(6)53(63-55(73)46-19-16-17-26-64(46)14)57(74)65(34-77-51(71)27-35(2)3)47(36(4)5)29-48(80-41(10)67)56-62-45(33-82-56)54(72)61-44(42-22-24-43(68)25-23-42)28-38(7)58(75)79-39(8)30-60-49(69)20-18-21-50(70)76-32-52(78-40(9)31-66)81-59(11,12)13/h22-25,33,35-40,44,46-48,52-53,66,68H,15-21,26-32,34H2,1-14H3,(H,60,69)(H,61,72)(H,63,73). The van der Waals surface area contributed by atoms with Gasteiger partial charge in [-0.2, -0.15) is 0 Å². The van der Waals surface area contributed by atoms with Crippen LogP contribution in [0.1, 0.15) is 187 Å². The first-order valence-electron chi connectivity index (χ1n) is 28.8. The van der Waals surface area contributed by atoms with Crippen molar-refractivity contribution < 1.29 is 77.0 Å². The number of aliphatic hydroxyl groups is 1. The smallest absolute Gasteiger partial charge is 0.309 e. The number of aliphatic hydroxyl groups excluding tert-OH is 1. The molecule has 1 aliphatic rings. The van der Waals surface area contributed by atoms with E-state index in [0.29, 0.717) is 18.4 Å². The summed E-state index contributed by atoms with van der Waals surface area (Å²) in [6.07, 6.45) is 0.0624. The van der Waals surface area contributed by atoms with E-state index in [0.717, 1.165) is 30.7 Å². The number of phenols is 1. The Balaban J connectivity index is 1.76. The number of thiazole rings is 1. The van der Waals surface area contributed by atoms with E-state index in [-0.39, 0.29) is 104 Å². The minimum atomic E-state index is -1.08. The fourth-order valence-electron chi connectivity index (χ4n) is 9.09. The van der Waals surface area contributed by atoms with Crippen LogP contribution in [0.3, 0.4) is 0 Å². The Bertz CT molecular complexity index is 2360. The number of phenolic OH excluding ortho intramolecular Hbond substituents is 1. The maximum atomic E-state index is 15.0. The third-order valence-electron chi connectivity index (χ3n) is 13.8. The van der Waals surface area contributed by atoms with Crippen LogP contribution in [0.25, 0.3) is 0 Å². The summed E-state index contributed by atoms with van der Waals surface area (Å²) < 4.78 is 34.1. The number of aromatic nitrogens is 1. The molecule has 0 saturated carbocycles. The maximum absolute atomic E-state index is 15.0. The predicted octanol–water partition coefficient (Wildman–Crippen LogP) is 7.06. The minimum absolute atomic E-state index is 0.00000330. The Hall–Kier alpha value is -5.75. The van der Waals surface area contributed by atoms with Gasteiger partial charge in [-0.15, -0.1) is 11.3 Å². The molecule has 1 fully saturated rings. The lowest BCUT2D eigenvalue weighted by Crippen LogP contribution is -2.59. The summed E-state index contributed by atoms with van der Waals surface area (Å²) in [5.74, 6) is -5.50. The maximum Gasteiger partial charge on any atom is 0.309 e. The molecule has 2 heterocycles. The lowest BCUT2D eigenvalue weighted by Gasteiger charge is -2.39. The zero-order valence-corrected chi connectivity index (χ0v) is 51.6. The fourth-order valence-corrected chi connectivity index (χ4v) is 9.92. The van der Waals surface area contributed by atoms with E-state index < -0.39 is 103 Å². The molecule has 4 amide bonds. The average molecular weight is 1180 g/mol. The zero-order chi connectivity index (χ0) is 61.4. The first kappa shape index (κ1) is 70.5. The van der Waals surface area contributed by atoms with Gasteiger partial charge in [0.2, 0.25) is 17.7 Å². The van der Waals surface area contributed by atoms with Gasteiger partial charge in [0.05, 0.1) is 42.9 Å². The van der Waals surface area contributed by atoms with Crippen molar-refractivity contribution in [3.63, 3.8) is 0 Å². The number of nitrogens with zero attached hydrogens (tertiary/aromatic N) is 3. The summed E-state index contributed by atoms with van der Waals surface area (Å²) in [5, 5.41) is 30.0. The van der Waals surface area contributed by atoms with Crippen molar-refractivity contribution in [2.45, 2.75) is 209 Å². The van der Waals surface area contributed by atoms with Crippen LogP contribution < -0.4 is 16.0 Å². The Kier molecular flexibility index (Phi) is 29.9. The molecule has 1 aromatic carbocycles. The normalized spacial score (nSPS) is 17.2.